The summed E-state index contributed by atoms with van der Waals surface area (Å²) in [5, 5.41) is 17.9. The molecule has 2 aromatic rings. The number of benzene rings is 1. The molecule has 1 heterocycles. The molecule has 1 amide bonds. The van der Waals surface area contributed by atoms with E-state index in [9.17, 15) is 14.0 Å². The second-order valence-electron chi connectivity index (χ2n) is 3.78. The lowest BCUT2D eigenvalue weighted by atomic mass is 10.3. The van der Waals surface area contributed by atoms with Gasteiger partial charge in [0, 0.05) is 4.47 Å². The standard InChI is InChI=1S/C11H8BrFN4O3/c12-6-1-2-7(13)8(3-6)14-10(18)5-17-4-9(11(19)20)15-16-17/h1-4H,5H2,(H,14,18)(H,19,20). The number of hydrogen-bond donors (Lipinski definition) is 2. The van der Waals surface area contributed by atoms with E-state index in [4.69, 9.17) is 5.11 Å². The molecule has 1 aromatic carbocycles. The molecule has 0 aliphatic rings. The third-order valence-electron chi connectivity index (χ3n) is 2.27. The summed E-state index contributed by atoms with van der Waals surface area (Å²) in [6.07, 6.45) is 1.11. The molecule has 1 aromatic heterocycles. The van der Waals surface area contributed by atoms with Crippen molar-refractivity contribution in [2.24, 2.45) is 0 Å². The third-order valence-corrected chi connectivity index (χ3v) is 2.76. The predicted octanol–water partition coefficient (Wildman–Crippen LogP) is 1.52. The van der Waals surface area contributed by atoms with Gasteiger partial charge in [-0.15, -0.1) is 5.10 Å². The summed E-state index contributed by atoms with van der Waals surface area (Å²) in [4.78, 5) is 22.3. The summed E-state index contributed by atoms with van der Waals surface area (Å²) in [5.74, 6) is -2.37. The van der Waals surface area contributed by atoms with Crippen molar-refractivity contribution in [3.05, 3.63) is 40.4 Å². The van der Waals surface area contributed by atoms with Crippen LogP contribution in [0.1, 0.15) is 10.5 Å². The van der Waals surface area contributed by atoms with Crippen LogP contribution in [-0.2, 0) is 11.3 Å². The number of carbonyl (C=O) groups is 2. The molecule has 7 nitrogen and oxygen atoms in total. The van der Waals surface area contributed by atoms with Crippen molar-refractivity contribution in [2.45, 2.75) is 6.54 Å². The van der Waals surface area contributed by atoms with Crippen LogP contribution >= 0.6 is 15.9 Å². The van der Waals surface area contributed by atoms with E-state index in [-0.39, 0.29) is 17.9 Å². The summed E-state index contributed by atoms with van der Waals surface area (Å²) in [6, 6.07) is 4.12. The minimum absolute atomic E-state index is 0.0166. The summed E-state index contributed by atoms with van der Waals surface area (Å²) in [5.41, 5.74) is -0.255. The zero-order chi connectivity index (χ0) is 14.7. The van der Waals surface area contributed by atoms with Crippen molar-refractivity contribution in [1.29, 1.82) is 0 Å². The Labute approximate surface area is 120 Å². The number of carboxylic acids is 1. The molecule has 2 N–H and O–H groups in total. The molecule has 104 valence electrons. The monoisotopic (exact) mass is 342 g/mol. The van der Waals surface area contributed by atoms with Crippen LogP contribution in [0.15, 0.2) is 28.9 Å². The maximum atomic E-state index is 13.4. The number of aromatic nitrogens is 3. The first kappa shape index (κ1) is 14.1. The molecule has 0 bridgehead atoms. The number of amides is 1. The number of carboxylic acid groups (broad SMARTS) is 1. The molecule has 0 spiro atoms. The van der Waals surface area contributed by atoms with Gasteiger partial charge in [-0.3, -0.25) is 4.79 Å². The predicted molar refractivity (Wildman–Crippen MR) is 69.7 cm³/mol. The van der Waals surface area contributed by atoms with E-state index in [0.29, 0.717) is 4.47 Å². The van der Waals surface area contributed by atoms with Gasteiger partial charge < -0.3 is 10.4 Å². The fourth-order valence-electron chi connectivity index (χ4n) is 1.40. The fourth-order valence-corrected chi connectivity index (χ4v) is 1.76. The van der Waals surface area contributed by atoms with E-state index >= 15 is 0 Å². The van der Waals surface area contributed by atoms with Crippen molar-refractivity contribution in [2.75, 3.05) is 5.32 Å². The van der Waals surface area contributed by atoms with E-state index in [1.54, 1.807) is 0 Å². The van der Waals surface area contributed by atoms with Crippen LogP contribution in [-0.4, -0.2) is 32.0 Å². The average Bonchev–Trinajstić information content (AvgIpc) is 2.82. The van der Waals surface area contributed by atoms with Gasteiger partial charge >= 0.3 is 5.97 Å². The SMILES string of the molecule is O=C(Cn1cc(C(=O)O)nn1)Nc1cc(Br)ccc1F. The maximum absolute atomic E-state index is 13.4. The lowest BCUT2D eigenvalue weighted by Gasteiger charge is -2.06. The number of anilines is 1. The molecule has 0 unspecified atom stereocenters. The topological polar surface area (TPSA) is 97.1 Å². The van der Waals surface area contributed by atoms with E-state index < -0.39 is 17.7 Å². The van der Waals surface area contributed by atoms with Crippen molar-refractivity contribution < 1.29 is 19.1 Å². The number of halogens is 2. The second kappa shape index (κ2) is 5.78. The van der Waals surface area contributed by atoms with Gasteiger partial charge in [0.1, 0.15) is 12.4 Å². The fraction of sp³-hybridized carbons (Fsp3) is 0.0909. The Bertz CT molecular complexity index is 673. The highest BCUT2D eigenvalue weighted by Gasteiger charge is 2.12. The number of nitrogens with zero attached hydrogens (tertiary/aromatic N) is 3. The Hall–Kier alpha value is -2.29. The molecule has 0 aliphatic heterocycles. The summed E-state index contributed by atoms with van der Waals surface area (Å²) < 4.78 is 15.1. The van der Waals surface area contributed by atoms with Crippen LogP contribution in [0.5, 0.6) is 0 Å². The number of rotatable bonds is 4. The molecular formula is C11H8BrFN4O3. The van der Waals surface area contributed by atoms with Crippen molar-refractivity contribution >= 4 is 33.5 Å². The molecular weight excluding hydrogens is 335 g/mol. The van der Waals surface area contributed by atoms with Crippen molar-refractivity contribution in [3.63, 3.8) is 0 Å². The Morgan fingerprint density at radius 2 is 2.20 bits per heavy atom. The van der Waals surface area contributed by atoms with Crippen molar-refractivity contribution in [1.82, 2.24) is 15.0 Å². The first-order valence-electron chi connectivity index (χ1n) is 5.34. The summed E-state index contributed by atoms with van der Waals surface area (Å²) in [6.45, 7) is -0.272. The van der Waals surface area contributed by atoms with Gasteiger partial charge in [0.15, 0.2) is 5.69 Å². The van der Waals surface area contributed by atoms with Crippen LogP contribution in [0.4, 0.5) is 10.1 Å². The minimum Gasteiger partial charge on any atom is -0.476 e. The van der Waals surface area contributed by atoms with E-state index in [0.717, 1.165) is 10.9 Å². The largest absolute Gasteiger partial charge is 0.476 e. The number of carbonyl (C=O) groups excluding carboxylic acids is 1. The van der Waals surface area contributed by atoms with Gasteiger partial charge in [-0.25, -0.2) is 13.9 Å². The lowest BCUT2D eigenvalue weighted by Crippen LogP contribution is -2.19. The molecule has 0 saturated carbocycles. The van der Waals surface area contributed by atoms with Gasteiger partial charge in [-0.2, -0.15) is 0 Å². The maximum Gasteiger partial charge on any atom is 0.358 e. The molecule has 2 rings (SSSR count). The molecule has 9 heteroatoms. The Morgan fingerprint density at radius 1 is 1.45 bits per heavy atom. The van der Waals surface area contributed by atoms with Crippen LogP contribution in [0, 0.1) is 5.82 Å². The second-order valence-corrected chi connectivity index (χ2v) is 4.69. The highest BCUT2D eigenvalue weighted by atomic mass is 79.9. The molecule has 0 atom stereocenters. The van der Waals surface area contributed by atoms with Crippen LogP contribution in [0.2, 0.25) is 0 Å². The molecule has 0 aliphatic carbocycles. The first-order valence-corrected chi connectivity index (χ1v) is 6.13. The van der Waals surface area contributed by atoms with Crippen LogP contribution < -0.4 is 5.32 Å². The average molecular weight is 343 g/mol. The van der Waals surface area contributed by atoms with Gasteiger partial charge in [-0.1, -0.05) is 21.1 Å². The third kappa shape index (κ3) is 3.38. The number of aromatic carboxylic acids is 1. The van der Waals surface area contributed by atoms with Gasteiger partial charge in [0.2, 0.25) is 5.91 Å². The molecule has 0 saturated heterocycles. The lowest BCUT2D eigenvalue weighted by molar-refractivity contribution is -0.117. The van der Waals surface area contributed by atoms with Crippen LogP contribution in [0.25, 0.3) is 0 Å². The zero-order valence-corrected chi connectivity index (χ0v) is 11.5. The highest BCUT2D eigenvalue weighted by molar-refractivity contribution is 9.10. The Morgan fingerprint density at radius 3 is 2.85 bits per heavy atom. The smallest absolute Gasteiger partial charge is 0.358 e. The van der Waals surface area contributed by atoms with Gasteiger partial charge in [0.25, 0.3) is 0 Å². The van der Waals surface area contributed by atoms with Gasteiger partial charge in [0.05, 0.1) is 11.9 Å². The summed E-state index contributed by atoms with van der Waals surface area (Å²) >= 11 is 3.16. The van der Waals surface area contributed by atoms with Gasteiger partial charge in [-0.05, 0) is 18.2 Å². The summed E-state index contributed by atoms with van der Waals surface area (Å²) in [7, 11) is 0. The van der Waals surface area contributed by atoms with E-state index in [2.05, 4.69) is 31.6 Å². The van der Waals surface area contributed by atoms with Crippen LogP contribution in [0.3, 0.4) is 0 Å². The van der Waals surface area contributed by atoms with E-state index in [1.165, 1.54) is 18.2 Å². The van der Waals surface area contributed by atoms with E-state index in [1.807, 2.05) is 0 Å². The first-order chi connectivity index (χ1) is 9.45. The Balaban J connectivity index is 2.05. The van der Waals surface area contributed by atoms with Crippen molar-refractivity contribution in [3.8, 4) is 0 Å². The number of nitrogens with one attached hydrogen (secondary N) is 1. The zero-order valence-electron chi connectivity index (χ0n) is 9.88. The normalized spacial score (nSPS) is 10.3. The highest BCUT2D eigenvalue weighted by Crippen LogP contribution is 2.19. The molecule has 20 heavy (non-hydrogen) atoms. The number of hydrogen-bond acceptors (Lipinski definition) is 4. The Kier molecular flexibility index (Phi) is 4.08. The molecule has 0 fully saturated rings. The molecule has 0 radical (unpaired) electrons. The minimum atomic E-state index is -1.24. The quantitative estimate of drug-likeness (QED) is 0.877.